The summed E-state index contributed by atoms with van der Waals surface area (Å²) in [6, 6.07) is 6.53. The van der Waals surface area contributed by atoms with Gasteiger partial charge in [0.05, 0.1) is 6.33 Å². The van der Waals surface area contributed by atoms with E-state index < -0.39 is 6.43 Å². The van der Waals surface area contributed by atoms with Crippen molar-refractivity contribution in [2.45, 2.75) is 25.9 Å². The summed E-state index contributed by atoms with van der Waals surface area (Å²) in [7, 11) is 0. The van der Waals surface area contributed by atoms with Gasteiger partial charge in [0.15, 0.2) is 0 Å². The Morgan fingerprint density at radius 3 is 2.95 bits per heavy atom. The first-order valence-electron chi connectivity index (χ1n) is 6.29. The number of hydrogen-bond acceptors (Lipinski definition) is 2. The zero-order valence-corrected chi connectivity index (χ0v) is 10.6. The molecule has 19 heavy (non-hydrogen) atoms. The van der Waals surface area contributed by atoms with Gasteiger partial charge in [0.25, 0.3) is 6.43 Å². The van der Waals surface area contributed by atoms with Gasteiger partial charge in [-0.15, -0.1) is 0 Å². The van der Waals surface area contributed by atoms with Gasteiger partial charge < -0.3 is 9.88 Å². The van der Waals surface area contributed by atoms with Crippen LogP contribution in [0.5, 0.6) is 0 Å². The van der Waals surface area contributed by atoms with Crippen LogP contribution in [0, 0.1) is 0 Å². The fourth-order valence-electron chi connectivity index (χ4n) is 1.88. The minimum Gasteiger partial charge on any atom is -0.337 e. The van der Waals surface area contributed by atoms with Crippen LogP contribution >= 0.6 is 0 Å². The molecule has 0 unspecified atom stereocenters. The van der Waals surface area contributed by atoms with Crippen LogP contribution in [0.4, 0.5) is 8.78 Å². The predicted molar refractivity (Wildman–Crippen MR) is 69.9 cm³/mol. The van der Waals surface area contributed by atoms with E-state index in [0.29, 0.717) is 6.54 Å². The van der Waals surface area contributed by atoms with Gasteiger partial charge in [-0.1, -0.05) is 18.2 Å². The number of hydrogen-bond donors (Lipinski definition) is 1. The van der Waals surface area contributed by atoms with Gasteiger partial charge in [0.2, 0.25) is 0 Å². The van der Waals surface area contributed by atoms with Crippen LogP contribution in [0.15, 0.2) is 43.0 Å². The minimum atomic E-state index is -2.40. The Morgan fingerprint density at radius 2 is 2.21 bits per heavy atom. The quantitative estimate of drug-likeness (QED) is 0.780. The Kier molecular flexibility index (Phi) is 5.03. The monoisotopic (exact) mass is 265 g/mol. The van der Waals surface area contributed by atoms with Crippen molar-refractivity contribution in [2.24, 2.45) is 0 Å². The third-order valence-corrected chi connectivity index (χ3v) is 2.86. The molecule has 0 bridgehead atoms. The van der Waals surface area contributed by atoms with E-state index >= 15 is 0 Å². The smallest absolute Gasteiger partial charge is 0.263 e. The summed E-state index contributed by atoms with van der Waals surface area (Å²) in [6.07, 6.45) is 4.04. The van der Waals surface area contributed by atoms with Gasteiger partial charge >= 0.3 is 0 Å². The van der Waals surface area contributed by atoms with Crippen molar-refractivity contribution < 1.29 is 8.78 Å². The highest BCUT2D eigenvalue weighted by Gasteiger charge is 2.06. The molecule has 0 amide bonds. The highest BCUT2D eigenvalue weighted by molar-refractivity contribution is 5.24. The van der Waals surface area contributed by atoms with Gasteiger partial charge in [-0.05, 0) is 24.6 Å². The minimum absolute atomic E-state index is 0.0812. The molecule has 2 rings (SSSR count). The van der Waals surface area contributed by atoms with Gasteiger partial charge in [0, 0.05) is 31.0 Å². The zero-order valence-electron chi connectivity index (χ0n) is 10.6. The maximum Gasteiger partial charge on any atom is 0.263 e. The Morgan fingerprint density at radius 1 is 1.32 bits per heavy atom. The van der Waals surface area contributed by atoms with E-state index in [1.54, 1.807) is 24.7 Å². The third-order valence-electron chi connectivity index (χ3n) is 2.86. The fraction of sp³-hybridized carbons (Fsp3) is 0.357. The van der Waals surface area contributed by atoms with Crippen LogP contribution in [0.3, 0.4) is 0 Å². The van der Waals surface area contributed by atoms with Gasteiger partial charge in [-0.3, -0.25) is 0 Å². The Hall–Kier alpha value is -1.75. The first kappa shape index (κ1) is 13.7. The van der Waals surface area contributed by atoms with Gasteiger partial charge in [-0.2, -0.15) is 0 Å². The lowest BCUT2D eigenvalue weighted by molar-refractivity contribution is 0.151. The molecule has 5 heteroatoms. The number of aromatic nitrogens is 2. The molecule has 0 aliphatic rings. The molecule has 0 spiro atoms. The molecule has 1 N–H and O–H groups in total. The maximum absolute atomic E-state index is 12.5. The van der Waals surface area contributed by atoms with E-state index in [9.17, 15) is 8.78 Å². The molecule has 1 aromatic heterocycles. The molecule has 2 aromatic rings. The van der Waals surface area contributed by atoms with Crippen molar-refractivity contribution in [2.75, 3.05) is 6.54 Å². The van der Waals surface area contributed by atoms with E-state index in [2.05, 4.69) is 10.3 Å². The van der Waals surface area contributed by atoms with Crippen molar-refractivity contribution in [3.63, 3.8) is 0 Å². The largest absolute Gasteiger partial charge is 0.337 e. The van der Waals surface area contributed by atoms with Crippen molar-refractivity contribution >= 4 is 0 Å². The van der Waals surface area contributed by atoms with Crippen LogP contribution in [0.25, 0.3) is 0 Å². The Bertz CT molecular complexity index is 483. The summed E-state index contributed by atoms with van der Waals surface area (Å²) in [5.74, 6) is 0. The number of halogens is 2. The topological polar surface area (TPSA) is 29.9 Å². The molecule has 0 atom stereocenters. The standard InChI is InChI=1S/C14H17F2N3/c15-14(16)13-4-1-3-12(9-13)10-17-5-2-7-19-8-6-18-11-19/h1,3-4,6,8-9,11,14,17H,2,5,7,10H2. The van der Waals surface area contributed by atoms with Gasteiger partial charge in [-0.25, -0.2) is 13.8 Å². The summed E-state index contributed by atoms with van der Waals surface area (Å²) in [5, 5.41) is 3.25. The number of nitrogens with zero attached hydrogens (tertiary/aromatic N) is 2. The lowest BCUT2D eigenvalue weighted by Gasteiger charge is -2.07. The van der Waals surface area contributed by atoms with E-state index in [1.165, 1.54) is 6.07 Å². The van der Waals surface area contributed by atoms with Gasteiger partial charge in [0.1, 0.15) is 0 Å². The van der Waals surface area contributed by atoms with E-state index in [1.807, 2.05) is 16.8 Å². The molecule has 0 saturated carbocycles. The van der Waals surface area contributed by atoms with Crippen LogP contribution in [-0.4, -0.2) is 16.1 Å². The summed E-state index contributed by atoms with van der Waals surface area (Å²) < 4.78 is 27.0. The molecule has 102 valence electrons. The first-order chi connectivity index (χ1) is 9.25. The summed E-state index contributed by atoms with van der Waals surface area (Å²) in [5.41, 5.74) is 0.971. The molecule has 0 saturated heterocycles. The molecule has 0 fully saturated rings. The van der Waals surface area contributed by atoms with Crippen LogP contribution in [0.1, 0.15) is 24.0 Å². The van der Waals surface area contributed by atoms with E-state index in [4.69, 9.17) is 0 Å². The number of alkyl halides is 2. The molecular formula is C14H17F2N3. The predicted octanol–water partition coefficient (Wildman–Crippen LogP) is 3.00. The summed E-state index contributed by atoms with van der Waals surface area (Å²) in [6.45, 7) is 2.37. The average molecular weight is 265 g/mol. The molecular weight excluding hydrogens is 248 g/mol. The first-order valence-corrected chi connectivity index (χ1v) is 6.29. The second kappa shape index (κ2) is 6.99. The highest BCUT2D eigenvalue weighted by Crippen LogP contribution is 2.19. The SMILES string of the molecule is FC(F)c1cccc(CNCCCn2ccnc2)c1. The summed E-state index contributed by atoms with van der Waals surface area (Å²) >= 11 is 0. The Balaban J connectivity index is 1.69. The lowest BCUT2D eigenvalue weighted by Crippen LogP contribution is -2.16. The fourth-order valence-corrected chi connectivity index (χ4v) is 1.88. The number of imidazole rings is 1. The zero-order chi connectivity index (χ0) is 13.5. The molecule has 1 heterocycles. The van der Waals surface area contributed by atoms with Crippen molar-refractivity contribution in [3.05, 3.63) is 54.1 Å². The van der Waals surface area contributed by atoms with E-state index in [0.717, 1.165) is 25.1 Å². The second-order valence-electron chi connectivity index (χ2n) is 4.38. The summed E-state index contributed by atoms with van der Waals surface area (Å²) in [4.78, 5) is 3.97. The highest BCUT2D eigenvalue weighted by atomic mass is 19.3. The van der Waals surface area contributed by atoms with Crippen molar-refractivity contribution in [1.29, 1.82) is 0 Å². The molecule has 0 aliphatic carbocycles. The van der Waals surface area contributed by atoms with Crippen LogP contribution in [0.2, 0.25) is 0 Å². The van der Waals surface area contributed by atoms with Crippen LogP contribution in [-0.2, 0) is 13.1 Å². The number of benzene rings is 1. The number of aryl methyl sites for hydroxylation is 1. The van der Waals surface area contributed by atoms with Crippen molar-refractivity contribution in [1.82, 2.24) is 14.9 Å². The Labute approximate surface area is 111 Å². The molecule has 3 nitrogen and oxygen atoms in total. The number of rotatable bonds is 7. The normalized spacial score (nSPS) is 11.1. The number of nitrogens with one attached hydrogen (secondary N) is 1. The maximum atomic E-state index is 12.5. The van der Waals surface area contributed by atoms with Crippen molar-refractivity contribution in [3.8, 4) is 0 Å². The second-order valence-corrected chi connectivity index (χ2v) is 4.38. The molecule has 0 aliphatic heterocycles. The molecule has 0 radical (unpaired) electrons. The third kappa shape index (κ3) is 4.44. The molecule has 1 aromatic carbocycles. The van der Waals surface area contributed by atoms with Crippen LogP contribution < -0.4 is 5.32 Å². The van der Waals surface area contributed by atoms with E-state index in [-0.39, 0.29) is 5.56 Å². The average Bonchev–Trinajstić information content (AvgIpc) is 2.92. The lowest BCUT2D eigenvalue weighted by atomic mass is 10.1.